The van der Waals surface area contributed by atoms with Crippen molar-refractivity contribution in [1.29, 1.82) is 0 Å². The van der Waals surface area contributed by atoms with Crippen LogP contribution in [0.5, 0.6) is 0 Å². The molecule has 0 amide bonds. The molecule has 0 saturated heterocycles. The molecule has 0 aliphatic rings. The molecular weight excluding hydrogens is 226 g/mol. The minimum absolute atomic E-state index is 0.718. The molecule has 0 radical (unpaired) electrons. The van der Waals surface area contributed by atoms with E-state index in [2.05, 4.69) is 9.88 Å². The Bertz CT molecular complexity index is 38.5. The maximum atomic E-state index is 5.80. The van der Waals surface area contributed by atoms with E-state index in [-0.39, 0.29) is 0 Å². The summed E-state index contributed by atoms with van der Waals surface area (Å²) >= 11 is 3.44. The molecule has 0 atom stereocenters. The van der Waals surface area contributed by atoms with Gasteiger partial charge in [-0.25, -0.2) is 0 Å². The fourth-order valence-corrected chi connectivity index (χ4v) is 0. The van der Waals surface area contributed by atoms with E-state index in [1.807, 2.05) is 0 Å². The van der Waals surface area contributed by atoms with Crippen molar-refractivity contribution < 1.29 is 0 Å². The van der Waals surface area contributed by atoms with Gasteiger partial charge >= 0.3 is 51.5 Å². The van der Waals surface area contributed by atoms with E-state index in [0.717, 1.165) is 3.90 Å². The van der Waals surface area contributed by atoms with Crippen LogP contribution in [0.3, 0.4) is 0 Å². The summed E-state index contributed by atoms with van der Waals surface area (Å²) in [6, 6.07) is 0. The fourth-order valence-electron chi connectivity index (χ4n) is 0. The number of rotatable bonds is 1. The van der Waals surface area contributed by atoms with Crippen molar-refractivity contribution >= 4 is 37.8 Å². The van der Waals surface area contributed by atoms with Crippen LogP contribution >= 0.6 is 20.5 Å². The average Bonchev–Trinajstić information content (AvgIpc) is 1.35. The van der Waals surface area contributed by atoms with Crippen LogP contribution in [0.25, 0.3) is 0 Å². The summed E-state index contributed by atoms with van der Waals surface area (Å²) in [5.74, 6) is 0. The number of hydrogen-bond acceptors (Lipinski definition) is 0. The van der Waals surface area contributed by atoms with Gasteiger partial charge in [0.2, 0.25) is 0 Å². The Hall–Kier alpha value is 1.38. The molecular formula is C3H8Cl2Sn. The Balaban J connectivity index is 3.17. The summed E-state index contributed by atoms with van der Waals surface area (Å²) in [6.07, 6.45) is 0. The zero-order chi connectivity index (χ0) is 5.21. The van der Waals surface area contributed by atoms with E-state index in [4.69, 9.17) is 20.5 Å². The molecule has 6 heavy (non-hydrogen) atoms. The minimum atomic E-state index is -1.99. The molecule has 3 heteroatoms. The van der Waals surface area contributed by atoms with Gasteiger partial charge in [0.05, 0.1) is 0 Å². The first-order chi connectivity index (χ1) is 2.56. The third-order valence-corrected chi connectivity index (χ3v) is 8.43. The second-order valence-corrected chi connectivity index (χ2v) is 21.1. The molecule has 0 aliphatic heterocycles. The van der Waals surface area contributed by atoms with Crippen molar-refractivity contribution in [3.8, 4) is 0 Å². The second kappa shape index (κ2) is 2.63. The summed E-state index contributed by atoms with van der Waals surface area (Å²) in [5, 5.41) is 0. The number of alkyl halides is 1. The quantitative estimate of drug-likeness (QED) is 0.481. The SMILES string of the molecule is [CH3][Sn]([CH3])([Cl])[CH2]Cl. The molecule has 0 aromatic carbocycles. The molecule has 0 aromatic rings. The van der Waals surface area contributed by atoms with Gasteiger partial charge in [-0.15, -0.1) is 0 Å². The summed E-state index contributed by atoms with van der Waals surface area (Å²) in [6.45, 7) is 0. The van der Waals surface area contributed by atoms with Gasteiger partial charge in [-0.1, -0.05) is 0 Å². The van der Waals surface area contributed by atoms with Crippen LogP contribution in [0.1, 0.15) is 0 Å². The Labute approximate surface area is 51.4 Å². The molecule has 0 spiro atoms. The van der Waals surface area contributed by atoms with Crippen LogP contribution in [0.4, 0.5) is 0 Å². The Kier molecular flexibility index (Phi) is 3.23. The molecule has 0 heterocycles. The van der Waals surface area contributed by atoms with E-state index < -0.39 is 17.3 Å². The average molecular weight is 234 g/mol. The van der Waals surface area contributed by atoms with Crippen molar-refractivity contribution in [2.75, 3.05) is 3.90 Å². The zero-order valence-corrected chi connectivity index (χ0v) is 8.33. The van der Waals surface area contributed by atoms with E-state index in [1.54, 1.807) is 0 Å². The molecule has 38 valence electrons. The van der Waals surface area contributed by atoms with E-state index in [9.17, 15) is 0 Å². The first-order valence-corrected chi connectivity index (χ1v) is 13.7. The molecule has 0 nitrogen and oxygen atoms in total. The van der Waals surface area contributed by atoms with Crippen LogP contribution < -0.4 is 0 Å². The first-order valence-electron chi connectivity index (χ1n) is 1.81. The van der Waals surface area contributed by atoms with Gasteiger partial charge in [0.25, 0.3) is 0 Å². The van der Waals surface area contributed by atoms with Crippen molar-refractivity contribution in [2.24, 2.45) is 0 Å². The van der Waals surface area contributed by atoms with Gasteiger partial charge in [0.1, 0.15) is 0 Å². The van der Waals surface area contributed by atoms with Crippen LogP contribution in [-0.2, 0) is 0 Å². The molecule has 0 unspecified atom stereocenters. The van der Waals surface area contributed by atoms with Crippen LogP contribution in [0.2, 0.25) is 9.88 Å². The third kappa shape index (κ3) is 5.38. The van der Waals surface area contributed by atoms with Crippen molar-refractivity contribution in [1.82, 2.24) is 0 Å². The van der Waals surface area contributed by atoms with Crippen LogP contribution in [0, 0.1) is 0 Å². The standard InChI is InChI=1S/CH2Cl.2CH3.ClH.Sn/c1-2;;;;/h1H2;2*1H3;1H;/q;;;;+1/p-1. The summed E-state index contributed by atoms with van der Waals surface area (Å²) in [5.41, 5.74) is 0. The summed E-state index contributed by atoms with van der Waals surface area (Å²) in [7, 11) is 5.80. The zero-order valence-electron chi connectivity index (χ0n) is 3.96. The second-order valence-electron chi connectivity index (χ2n) is 1.85. The van der Waals surface area contributed by atoms with Crippen LogP contribution in [-0.4, -0.2) is 21.1 Å². The van der Waals surface area contributed by atoms with Crippen molar-refractivity contribution in [2.45, 2.75) is 9.88 Å². The van der Waals surface area contributed by atoms with Gasteiger partial charge in [-0.05, 0) is 0 Å². The number of hydrogen-bond donors (Lipinski definition) is 0. The molecule has 0 bridgehead atoms. The van der Waals surface area contributed by atoms with Gasteiger partial charge in [-0.2, -0.15) is 0 Å². The van der Waals surface area contributed by atoms with Gasteiger partial charge in [0, 0.05) is 0 Å². The molecule has 0 fully saturated rings. The Morgan fingerprint density at radius 1 is 1.50 bits per heavy atom. The molecule has 0 aliphatic carbocycles. The molecule has 0 aromatic heterocycles. The normalized spacial score (nSPS) is 12.0. The first kappa shape index (κ1) is 7.38. The van der Waals surface area contributed by atoms with Gasteiger partial charge < -0.3 is 0 Å². The Morgan fingerprint density at radius 3 is 1.67 bits per heavy atom. The topological polar surface area (TPSA) is 0 Å². The van der Waals surface area contributed by atoms with E-state index in [1.165, 1.54) is 0 Å². The summed E-state index contributed by atoms with van der Waals surface area (Å²) in [4.78, 5) is 4.17. The van der Waals surface area contributed by atoms with Crippen LogP contribution in [0.15, 0.2) is 0 Å². The summed E-state index contributed by atoms with van der Waals surface area (Å²) < 4.78 is 0.718. The third-order valence-electron chi connectivity index (χ3n) is 0.318. The van der Waals surface area contributed by atoms with Gasteiger partial charge in [0.15, 0.2) is 0 Å². The fraction of sp³-hybridized carbons (Fsp3) is 1.00. The van der Waals surface area contributed by atoms with Crippen molar-refractivity contribution in [3.05, 3.63) is 0 Å². The molecule has 0 rings (SSSR count). The number of halogens is 2. The molecule has 0 N–H and O–H groups in total. The monoisotopic (exact) mass is 234 g/mol. The Morgan fingerprint density at radius 2 is 1.67 bits per heavy atom. The predicted octanol–water partition coefficient (Wildman–Crippen LogP) is 2.21. The van der Waals surface area contributed by atoms with E-state index >= 15 is 0 Å². The molecule has 0 saturated carbocycles. The maximum absolute atomic E-state index is 5.80. The predicted molar refractivity (Wildman–Crippen MR) is 34.1 cm³/mol. The van der Waals surface area contributed by atoms with Crippen molar-refractivity contribution in [3.63, 3.8) is 0 Å². The van der Waals surface area contributed by atoms with E-state index in [0.29, 0.717) is 0 Å². The van der Waals surface area contributed by atoms with Gasteiger partial charge in [-0.3, -0.25) is 0 Å².